The van der Waals surface area contributed by atoms with E-state index in [0.29, 0.717) is 12.3 Å². The molecule has 2 fully saturated rings. The summed E-state index contributed by atoms with van der Waals surface area (Å²) in [6.07, 6.45) is 2.27. The summed E-state index contributed by atoms with van der Waals surface area (Å²) in [5.74, 6) is 0.505. The number of carbonyl (C=O) groups excluding carboxylic acids is 1. The summed E-state index contributed by atoms with van der Waals surface area (Å²) in [6, 6.07) is -0.161. The number of ketones is 1. The molecular formula is C16H29NO3S. The Labute approximate surface area is 129 Å². The van der Waals surface area contributed by atoms with Gasteiger partial charge in [-0.05, 0) is 51.9 Å². The third kappa shape index (κ3) is 2.37. The van der Waals surface area contributed by atoms with Gasteiger partial charge >= 0.3 is 0 Å². The summed E-state index contributed by atoms with van der Waals surface area (Å²) in [5, 5.41) is 0. The molecule has 2 aliphatic rings. The fourth-order valence-electron chi connectivity index (χ4n) is 4.73. The Kier molecular flexibility index (Phi) is 4.08. The van der Waals surface area contributed by atoms with Crippen LogP contribution < -0.4 is 0 Å². The lowest BCUT2D eigenvalue weighted by Gasteiger charge is -2.39. The van der Waals surface area contributed by atoms with Crippen LogP contribution in [0.15, 0.2) is 0 Å². The first-order valence-corrected chi connectivity index (χ1v) is 9.61. The van der Waals surface area contributed by atoms with Crippen molar-refractivity contribution in [3.05, 3.63) is 0 Å². The minimum atomic E-state index is -3.44. The number of carbonyl (C=O) groups is 1. The van der Waals surface area contributed by atoms with Crippen molar-refractivity contribution in [1.29, 1.82) is 0 Å². The maximum absolute atomic E-state index is 13.0. The molecule has 122 valence electrons. The monoisotopic (exact) mass is 315 g/mol. The summed E-state index contributed by atoms with van der Waals surface area (Å²) < 4.78 is 27.5. The van der Waals surface area contributed by atoms with E-state index in [2.05, 4.69) is 13.8 Å². The van der Waals surface area contributed by atoms with E-state index in [9.17, 15) is 13.2 Å². The molecule has 2 saturated carbocycles. The SMILES string of the molecule is CC(C)N(C(C)C)S(=O)(=O)C[C@]12CC[C@H](CC1=O)C2(C)C. The third-order valence-corrected chi connectivity index (χ3v) is 8.25. The second-order valence-electron chi connectivity index (χ2n) is 7.94. The lowest BCUT2D eigenvalue weighted by atomic mass is 9.70. The van der Waals surface area contributed by atoms with E-state index in [0.717, 1.165) is 12.8 Å². The number of Topliss-reactive ketones (excluding diaryl/α,β-unsaturated/α-hetero) is 1. The van der Waals surface area contributed by atoms with Crippen molar-refractivity contribution < 1.29 is 13.2 Å². The molecule has 0 unspecified atom stereocenters. The number of fused-ring (bicyclic) bond motifs is 2. The van der Waals surface area contributed by atoms with Gasteiger partial charge < -0.3 is 0 Å². The van der Waals surface area contributed by atoms with Crippen LogP contribution in [-0.2, 0) is 14.8 Å². The number of nitrogens with zero attached hydrogens (tertiary/aromatic N) is 1. The Morgan fingerprint density at radius 2 is 1.71 bits per heavy atom. The molecule has 0 spiro atoms. The van der Waals surface area contributed by atoms with Crippen LogP contribution in [0.2, 0.25) is 0 Å². The van der Waals surface area contributed by atoms with E-state index in [1.165, 1.54) is 0 Å². The highest BCUT2D eigenvalue weighted by Crippen LogP contribution is 2.64. The van der Waals surface area contributed by atoms with Crippen LogP contribution in [0.4, 0.5) is 0 Å². The number of hydrogen-bond donors (Lipinski definition) is 0. The van der Waals surface area contributed by atoms with Crippen LogP contribution in [0, 0.1) is 16.7 Å². The van der Waals surface area contributed by atoms with Gasteiger partial charge in [0.1, 0.15) is 5.78 Å². The van der Waals surface area contributed by atoms with Gasteiger partial charge in [0.05, 0.1) is 5.75 Å². The average molecular weight is 315 g/mol. The van der Waals surface area contributed by atoms with Crippen molar-refractivity contribution in [2.45, 2.75) is 72.9 Å². The zero-order valence-electron chi connectivity index (χ0n) is 14.1. The van der Waals surface area contributed by atoms with Crippen molar-refractivity contribution in [1.82, 2.24) is 4.31 Å². The molecule has 21 heavy (non-hydrogen) atoms. The molecule has 2 rings (SSSR count). The van der Waals surface area contributed by atoms with E-state index in [4.69, 9.17) is 0 Å². The average Bonchev–Trinajstić information content (AvgIpc) is 2.60. The highest BCUT2D eigenvalue weighted by molar-refractivity contribution is 7.89. The lowest BCUT2D eigenvalue weighted by Crippen LogP contribution is -2.50. The standard InChI is InChI=1S/C16H29NO3S/c1-11(2)17(12(3)4)21(19,20)10-16-8-7-13(9-14(16)18)15(16,5)6/h11-13H,7-10H2,1-6H3/t13-,16-/m1/s1. The lowest BCUT2D eigenvalue weighted by molar-refractivity contribution is -0.128. The predicted octanol–water partition coefficient (Wildman–Crippen LogP) is 2.83. The summed E-state index contributed by atoms with van der Waals surface area (Å²) >= 11 is 0. The first-order valence-electron chi connectivity index (χ1n) is 8.00. The Bertz CT molecular complexity index is 528. The second kappa shape index (κ2) is 5.05. The molecule has 0 N–H and O–H groups in total. The molecule has 2 bridgehead atoms. The van der Waals surface area contributed by atoms with Crippen LogP contribution >= 0.6 is 0 Å². The molecule has 5 heteroatoms. The van der Waals surface area contributed by atoms with E-state index >= 15 is 0 Å². The molecule has 0 aromatic heterocycles. The quantitative estimate of drug-likeness (QED) is 0.784. The Morgan fingerprint density at radius 3 is 2.05 bits per heavy atom. The topological polar surface area (TPSA) is 54.5 Å². The first kappa shape index (κ1) is 16.9. The van der Waals surface area contributed by atoms with E-state index in [-0.39, 0.29) is 29.0 Å². The van der Waals surface area contributed by atoms with Crippen molar-refractivity contribution in [2.75, 3.05) is 5.75 Å². The number of rotatable bonds is 5. The fraction of sp³-hybridized carbons (Fsp3) is 0.938. The Hall–Kier alpha value is -0.420. The fourth-order valence-corrected chi connectivity index (χ4v) is 7.47. The highest BCUT2D eigenvalue weighted by Gasteiger charge is 2.65. The molecule has 0 aromatic rings. The molecular weight excluding hydrogens is 286 g/mol. The molecule has 2 aliphatic carbocycles. The zero-order valence-corrected chi connectivity index (χ0v) is 15.0. The molecule has 4 nitrogen and oxygen atoms in total. The molecule has 0 saturated heterocycles. The molecule has 2 atom stereocenters. The van der Waals surface area contributed by atoms with E-state index in [1.54, 1.807) is 4.31 Å². The van der Waals surface area contributed by atoms with Crippen LogP contribution in [0.25, 0.3) is 0 Å². The van der Waals surface area contributed by atoms with Crippen molar-refractivity contribution in [3.8, 4) is 0 Å². The minimum absolute atomic E-state index is 0.0152. The normalized spacial score (nSPS) is 31.9. The van der Waals surface area contributed by atoms with Crippen LogP contribution in [-0.4, -0.2) is 36.3 Å². The van der Waals surface area contributed by atoms with Crippen molar-refractivity contribution in [3.63, 3.8) is 0 Å². The Balaban J connectivity index is 2.38. The van der Waals surface area contributed by atoms with Gasteiger partial charge in [0.15, 0.2) is 0 Å². The minimum Gasteiger partial charge on any atom is -0.299 e. The number of sulfonamides is 1. The van der Waals surface area contributed by atoms with Gasteiger partial charge in [-0.3, -0.25) is 4.79 Å². The van der Waals surface area contributed by atoms with E-state index < -0.39 is 15.4 Å². The van der Waals surface area contributed by atoms with Gasteiger partial charge in [-0.2, -0.15) is 4.31 Å². The van der Waals surface area contributed by atoms with Gasteiger partial charge in [0, 0.05) is 23.9 Å². The maximum Gasteiger partial charge on any atom is 0.215 e. The first-order chi connectivity index (χ1) is 9.45. The van der Waals surface area contributed by atoms with E-state index in [1.807, 2.05) is 27.7 Å². The Morgan fingerprint density at radius 1 is 1.19 bits per heavy atom. The van der Waals surface area contributed by atoms with Crippen LogP contribution in [0.3, 0.4) is 0 Å². The summed E-state index contributed by atoms with van der Waals surface area (Å²) in [6.45, 7) is 11.8. The van der Waals surface area contributed by atoms with Crippen molar-refractivity contribution >= 4 is 15.8 Å². The molecule has 0 heterocycles. The number of hydrogen-bond acceptors (Lipinski definition) is 3. The summed E-state index contributed by atoms with van der Waals surface area (Å²) in [5.41, 5.74) is -0.866. The van der Waals surface area contributed by atoms with Crippen LogP contribution in [0.5, 0.6) is 0 Å². The molecule has 0 aliphatic heterocycles. The zero-order chi connectivity index (χ0) is 16.2. The summed E-state index contributed by atoms with van der Waals surface area (Å²) in [4.78, 5) is 12.5. The van der Waals surface area contributed by atoms with Gasteiger partial charge in [-0.1, -0.05) is 13.8 Å². The second-order valence-corrected chi connectivity index (χ2v) is 9.81. The third-order valence-electron chi connectivity index (χ3n) is 5.91. The van der Waals surface area contributed by atoms with Crippen molar-refractivity contribution in [2.24, 2.45) is 16.7 Å². The smallest absolute Gasteiger partial charge is 0.215 e. The molecule has 0 amide bonds. The van der Waals surface area contributed by atoms with Gasteiger partial charge in [0.25, 0.3) is 0 Å². The summed E-state index contributed by atoms with van der Waals surface area (Å²) in [7, 11) is -3.44. The van der Waals surface area contributed by atoms with Gasteiger partial charge in [0.2, 0.25) is 10.0 Å². The molecule has 0 radical (unpaired) electrons. The highest BCUT2D eigenvalue weighted by atomic mass is 32.2. The predicted molar refractivity (Wildman–Crippen MR) is 84.5 cm³/mol. The van der Waals surface area contributed by atoms with Crippen LogP contribution in [0.1, 0.15) is 60.8 Å². The maximum atomic E-state index is 13.0. The largest absolute Gasteiger partial charge is 0.299 e. The van der Waals surface area contributed by atoms with Gasteiger partial charge in [-0.25, -0.2) is 8.42 Å². The van der Waals surface area contributed by atoms with Gasteiger partial charge in [-0.15, -0.1) is 0 Å². The molecule has 0 aromatic carbocycles.